The Labute approximate surface area is 150 Å². The molecule has 130 valence electrons. The quantitative estimate of drug-likeness (QED) is 0.686. The molecule has 0 aliphatic heterocycles. The van der Waals surface area contributed by atoms with E-state index in [9.17, 15) is 4.79 Å². The van der Waals surface area contributed by atoms with Gasteiger partial charge < -0.3 is 5.32 Å². The number of hydrogen-bond donors (Lipinski definition) is 2. The van der Waals surface area contributed by atoms with E-state index in [0.29, 0.717) is 11.0 Å². The molecule has 0 spiro atoms. The Bertz CT molecular complexity index is 914. The molecular weight excluding hydrogens is 336 g/mol. The summed E-state index contributed by atoms with van der Waals surface area (Å²) in [4.78, 5) is 16.5. The Morgan fingerprint density at radius 1 is 1.24 bits per heavy atom. The first-order chi connectivity index (χ1) is 11.9. The molecule has 25 heavy (non-hydrogen) atoms. The number of nitrogens with zero attached hydrogens (tertiary/aromatic N) is 4. The molecule has 2 aromatic heterocycles. The van der Waals surface area contributed by atoms with Gasteiger partial charge in [-0.15, -0.1) is 5.10 Å². The number of rotatable bonds is 5. The molecule has 0 aliphatic rings. The maximum atomic E-state index is 12.3. The summed E-state index contributed by atoms with van der Waals surface area (Å²) in [5.41, 5.74) is 4.03. The van der Waals surface area contributed by atoms with Gasteiger partial charge >= 0.3 is 0 Å². The number of carbonyl (C=O) groups is 1. The Morgan fingerprint density at radius 2 is 2.04 bits per heavy atom. The van der Waals surface area contributed by atoms with Crippen molar-refractivity contribution >= 4 is 23.5 Å². The monoisotopic (exact) mass is 356 g/mol. The molecule has 7 nitrogen and oxygen atoms in total. The van der Waals surface area contributed by atoms with Crippen LogP contribution in [-0.4, -0.2) is 36.6 Å². The highest BCUT2D eigenvalue weighted by Crippen LogP contribution is 2.22. The molecule has 0 fully saturated rings. The number of benzene rings is 1. The Morgan fingerprint density at radius 3 is 2.76 bits per heavy atom. The first-order valence-electron chi connectivity index (χ1n) is 7.88. The number of nitrogens with one attached hydrogen (secondary N) is 2. The molecule has 3 aromatic rings. The van der Waals surface area contributed by atoms with E-state index >= 15 is 0 Å². The fourth-order valence-electron chi connectivity index (χ4n) is 2.42. The molecule has 1 aromatic carbocycles. The minimum atomic E-state index is -0.126. The first-order valence-corrected chi connectivity index (χ1v) is 8.87. The van der Waals surface area contributed by atoms with Gasteiger partial charge in [0.25, 0.3) is 0 Å². The summed E-state index contributed by atoms with van der Waals surface area (Å²) in [6.07, 6.45) is 0. The fraction of sp³-hybridized carbons (Fsp3) is 0.294. The summed E-state index contributed by atoms with van der Waals surface area (Å²) in [5.74, 6) is 1.49. The van der Waals surface area contributed by atoms with Crippen LogP contribution in [0.3, 0.4) is 0 Å². The van der Waals surface area contributed by atoms with E-state index in [0.717, 1.165) is 28.3 Å². The Balaban J connectivity index is 1.76. The van der Waals surface area contributed by atoms with Crippen molar-refractivity contribution in [1.82, 2.24) is 25.0 Å². The van der Waals surface area contributed by atoms with Gasteiger partial charge in [-0.1, -0.05) is 23.9 Å². The van der Waals surface area contributed by atoms with Crippen molar-refractivity contribution in [3.63, 3.8) is 0 Å². The molecule has 2 N–H and O–H groups in total. The van der Waals surface area contributed by atoms with Gasteiger partial charge in [-0.3, -0.25) is 9.89 Å². The van der Waals surface area contributed by atoms with Crippen LogP contribution in [0.2, 0.25) is 0 Å². The second-order valence-corrected chi connectivity index (χ2v) is 6.86. The second kappa shape index (κ2) is 7.10. The number of hydrogen-bond acceptors (Lipinski definition) is 5. The van der Waals surface area contributed by atoms with Crippen molar-refractivity contribution in [2.75, 3.05) is 11.1 Å². The third kappa shape index (κ3) is 4.08. The van der Waals surface area contributed by atoms with Crippen molar-refractivity contribution < 1.29 is 4.79 Å². The normalized spacial score (nSPS) is 10.9. The van der Waals surface area contributed by atoms with Gasteiger partial charge in [-0.25, -0.2) is 9.67 Å². The van der Waals surface area contributed by atoms with Crippen LogP contribution in [0.1, 0.15) is 22.6 Å². The summed E-state index contributed by atoms with van der Waals surface area (Å²) in [6.45, 7) is 7.79. The molecular formula is C17H20N6OS. The molecule has 0 unspecified atom stereocenters. The first kappa shape index (κ1) is 17.2. The van der Waals surface area contributed by atoms with E-state index < -0.39 is 0 Å². The number of aryl methyl sites for hydroxylation is 4. The van der Waals surface area contributed by atoms with Crippen LogP contribution < -0.4 is 5.32 Å². The van der Waals surface area contributed by atoms with Crippen LogP contribution in [0.15, 0.2) is 29.4 Å². The lowest BCUT2D eigenvalue weighted by molar-refractivity contribution is -0.113. The van der Waals surface area contributed by atoms with Crippen LogP contribution in [0.25, 0.3) is 5.69 Å². The van der Waals surface area contributed by atoms with E-state index in [1.165, 1.54) is 11.8 Å². The fourth-order valence-corrected chi connectivity index (χ4v) is 3.06. The lowest BCUT2D eigenvalue weighted by atomic mass is 10.1. The minimum Gasteiger partial charge on any atom is -0.310 e. The van der Waals surface area contributed by atoms with Gasteiger partial charge in [0, 0.05) is 6.07 Å². The van der Waals surface area contributed by atoms with Crippen LogP contribution in [0, 0.1) is 27.7 Å². The molecule has 8 heteroatoms. The summed E-state index contributed by atoms with van der Waals surface area (Å²) in [5, 5.41) is 14.8. The number of thioether (sulfide) groups is 1. The van der Waals surface area contributed by atoms with Crippen molar-refractivity contribution in [2.45, 2.75) is 32.9 Å². The summed E-state index contributed by atoms with van der Waals surface area (Å²) >= 11 is 1.29. The molecule has 3 rings (SSSR count). The van der Waals surface area contributed by atoms with Crippen molar-refractivity contribution in [2.24, 2.45) is 0 Å². The zero-order chi connectivity index (χ0) is 18.0. The third-order valence-electron chi connectivity index (χ3n) is 3.60. The summed E-state index contributed by atoms with van der Waals surface area (Å²) in [7, 11) is 0. The standard InChI is InChI=1S/C17H20N6OS/c1-10-5-6-11(2)14(7-10)23-15(8-12(3)22-23)19-16(24)9-25-17-18-13(4)20-21-17/h5-8H,9H2,1-4H3,(H,19,24)(H,18,20,21). The highest BCUT2D eigenvalue weighted by Gasteiger charge is 2.13. The van der Waals surface area contributed by atoms with Gasteiger partial charge in [0.1, 0.15) is 11.6 Å². The van der Waals surface area contributed by atoms with Crippen LogP contribution in [0.4, 0.5) is 5.82 Å². The average Bonchev–Trinajstić information content (AvgIpc) is 3.13. The second-order valence-electron chi connectivity index (χ2n) is 5.91. The molecule has 0 atom stereocenters. The van der Waals surface area contributed by atoms with Crippen LogP contribution in [-0.2, 0) is 4.79 Å². The lowest BCUT2D eigenvalue weighted by Gasteiger charge is -2.11. The van der Waals surface area contributed by atoms with E-state index in [1.807, 2.05) is 33.8 Å². The predicted molar refractivity (Wildman–Crippen MR) is 98.2 cm³/mol. The molecule has 0 bridgehead atoms. The highest BCUT2D eigenvalue weighted by atomic mass is 32.2. The van der Waals surface area contributed by atoms with E-state index in [1.54, 1.807) is 4.68 Å². The highest BCUT2D eigenvalue weighted by molar-refractivity contribution is 7.99. The van der Waals surface area contributed by atoms with E-state index in [4.69, 9.17) is 0 Å². The number of aromatic nitrogens is 5. The molecule has 2 heterocycles. The SMILES string of the molecule is Cc1ccc(C)c(-n2nc(C)cc2NC(=O)CSc2n[nH]c(C)n2)c1. The minimum absolute atomic E-state index is 0.126. The van der Waals surface area contributed by atoms with Crippen molar-refractivity contribution in [3.05, 3.63) is 46.9 Å². The maximum absolute atomic E-state index is 12.3. The summed E-state index contributed by atoms with van der Waals surface area (Å²) in [6, 6.07) is 8.03. The van der Waals surface area contributed by atoms with Gasteiger partial charge in [-0.05, 0) is 44.9 Å². The van der Waals surface area contributed by atoms with Crippen LogP contribution in [0.5, 0.6) is 0 Å². The molecule has 0 aliphatic carbocycles. The van der Waals surface area contributed by atoms with Crippen molar-refractivity contribution in [1.29, 1.82) is 0 Å². The average molecular weight is 356 g/mol. The predicted octanol–water partition coefficient (Wildman–Crippen LogP) is 2.95. The van der Waals surface area contributed by atoms with Crippen LogP contribution >= 0.6 is 11.8 Å². The van der Waals surface area contributed by atoms with E-state index in [-0.39, 0.29) is 11.7 Å². The number of carbonyl (C=O) groups excluding carboxylic acids is 1. The third-order valence-corrected chi connectivity index (χ3v) is 4.45. The Kier molecular flexibility index (Phi) is 4.89. The number of aromatic amines is 1. The maximum Gasteiger partial charge on any atom is 0.236 e. The smallest absolute Gasteiger partial charge is 0.236 e. The topological polar surface area (TPSA) is 88.5 Å². The largest absolute Gasteiger partial charge is 0.310 e. The lowest BCUT2D eigenvalue weighted by Crippen LogP contribution is -2.17. The Hall–Kier alpha value is -2.61. The van der Waals surface area contributed by atoms with Gasteiger partial charge in [0.2, 0.25) is 11.1 Å². The summed E-state index contributed by atoms with van der Waals surface area (Å²) < 4.78 is 1.77. The van der Waals surface area contributed by atoms with Gasteiger partial charge in [0.05, 0.1) is 17.1 Å². The zero-order valence-corrected chi connectivity index (χ0v) is 15.4. The molecule has 1 amide bonds. The molecule has 0 radical (unpaired) electrons. The van der Waals surface area contributed by atoms with Gasteiger partial charge in [-0.2, -0.15) is 5.10 Å². The number of amides is 1. The number of H-pyrrole nitrogens is 1. The molecule has 0 saturated heterocycles. The van der Waals surface area contributed by atoms with Gasteiger partial charge in [0.15, 0.2) is 0 Å². The molecule has 0 saturated carbocycles. The number of anilines is 1. The van der Waals surface area contributed by atoms with E-state index in [2.05, 4.69) is 43.8 Å². The zero-order valence-electron chi connectivity index (χ0n) is 14.6. The van der Waals surface area contributed by atoms with Crippen molar-refractivity contribution in [3.8, 4) is 5.69 Å².